The molecule has 0 spiro atoms. The van der Waals surface area contributed by atoms with Crippen LogP contribution in [-0.4, -0.2) is 173 Å². The molecule has 0 bridgehead atoms. The minimum absolute atomic E-state index is 0.0553. The number of aliphatic carboxylic acids is 1. The van der Waals surface area contributed by atoms with Crippen LogP contribution in [0, 0.1) is 0 Å². The van der Waals surface area contributed by atoms with Crippen molar-refractivity contribution in [1.29, 1.82) is 0 Å². The molecule has 2 saturated heterocycles. The second-order valence-corrected chi connectivity index (χ2v) is 20.5. The van der Waals surface area contributed by atoms with Crippen LogP contribution in [0.1, 0.15) is 67.8 Å². The SMILES string of the molecule is C[C@@H](O)[C@H](NC(=O)[C@H](Cc1ccc(O)cc1)NC(=O)[C@@H]1CCCN1C(=O)[C@@H]1CCCN1C(=O)CNC(=O)[C@H](Cc1c[nH]c2ccccc12)NC(=O)[C@H](Cc1ccccc1)NC(=O)[C@H](Cc1cnc[nH]1)NC(=O)[C@@H](N)CCC(N)=O)C(=O)O. The molecule has 0 saturated carbocycles. The summed E-state index contributed by atoms with van der Waals surface area (Å²) in [6.45, 7) is 0.849. The molecule has 9 amide bonds. The van der Waals surface area contributed by atoms with Crippen molar-refractivity contribution >= 4 is 70.0 Å². The van der Waals surface area contributed by atoms with Crippen LogP contribution in [-0.2, 0) is 73.6 Å². The quantitative estimate of drug-likeness (QED) is 0.0283. The van der Waals surface area contributed by atoms with E-state index in [0.717, 1.165) is 10.9 Å². The number of carbonyl (C=O) groups excluding carboxylic acids is 9. The summed E-state index contributed by atoms with van der Waals surface area (Å²) in [5.41, 5.74) is 14.3. The Hall–Kier alpha value is -9.17. The van der Waals surface area contributed by atoms with Gasteiger partial charge in [-0.3, -0.25) is 43.2 Å². The van der Waals surface area contributed by atoms with Crippen molar-refractivity contribution in [3.8, 4) is 5.75 Å². The number of aliphatic hydroxyl groups excluding tert-OH is 1. The average Bonchev–Trinajstić information content (AvgIpc) is 4.35. The highest BCUT2D eigenvalue weighted by molar-refractivity contribution is 5.98. The maximum absolute atomic E-state index is 14.7. The van der Waals surface area contributed by atoms with Gasteiger partial charge >= 0.3 is 5.97 Å². The largest absolute Gasteiger partial charge is 0.508 e. The normalized spacial score (nSPS) is 17.5. The molecule has 0 radical (unpaired) electrons. The zero-order chi connectivity index (χ0) is 59.0. The number of benzene rings is 3. The molecule has 15 N–H and O–H groups in total. The fourth-order valence-corrected chi connectivity index (χ4v) is 10.1. The van der Waals surface area contributed by atoms with E-state index >= 15 is 0 Å². The molecule has 436 valence electrons. The number of aromatic hydroxyl groups is 1. The van der Waals surface area contributed by atoms with Gasteiger partial charge < -0.3 is 78.5 Å². The van der Waals surface area contributed by atoms with Crippen LogP contribution >= 0.6 is 0 Å². The lowest BCUT2D eigenvalue weighted by Gasteiger charge is -2.32. The number of likely N-dealkylation sites (tertiary alicyclic amines) is 2. The van der Waals surface area contributed by atoms with E-state index in [2.05, 4.69) is 46.9 Å². The number of carboxylic acid groups (broad SMARTS) is 1. The zero-order valence-corrected chi connectivity index (χ0v) is 45.0. The molecule has 82 heavy (non-hydrogen) atoms. The van der Waals surface area contributed by atoms with Crippen molar-refractivity contribution in [2.45, 2.75) is 126 Å². The number of nitrogens with one attached hydrogen (secondary N) is 8. The lowest BCUT2D eigenvalue weighted by molar-refractivity contribution is -0.147. The van der Waals surface area contributed by atoms with E-state index < -0.39 is 120 Å². The van der Waals surface area contributed by atoms with Gasteiger partial charge in [0, 0.05) is 74.2 Å². The predicted octanol–water partition coefficient (Wildman–Crippen LogP) is -1.55. The molecule has 3 aromatic carbocycles. The van der Waals surface area contributed by atoms with E-state index in [0.29, 0.717) is 35.2 Å². The summed E-state index contributed by atoms with van der Waals surface area (Å²) < 4.78 is 0. The summed E-state index contributed by atoms with van der Waals surface area (Å²) in [5, 5.41) is 46.0. The van der Waals surface area contributed by atoms with Gasteiger partial charge in [0.2, 0.25) is 53.2 Å². The highest BCUT2D eigenvalue weighted by Crippen LogP contribution is 2.26. The summed E-state index contributed by atoms with van der Waals surface area (Å²) in [5.74, 6) is -8.16. The van der Waals surface area contributed by atoms with Crippen LogP contribution < -0.4 is 43.4 Å². The Kier molecular flexibility index (Phi) is 20.9. The minimum atomic E-state index is -1.71. The van der Waals surface area contributed by atoms with Crippen LogP contribution in [0.3, 0.4) is 0 Å². The molecule has 4 heterocycles. The molecular weight excluding hydrogens is 1060 g/mol. The number of phenols is 1. The molecule has 9 atom stereocenters. The van der Waals surface area contributed by atoms with Gasteiger partial charge in [0.05, 0.1) is 25.0 Å². The number of fused-ring (bicyclic) bond motifs is 1. The molecule has 2 aliphatic heterocycles. The number of nitrogens with two attached hydrogens (primary N) is 2. The van der Waals surface area contributed by atoms with Gasteiger partial charge in [0.1, 0.15) is 42.0 Å². The van der Waals surface area contributed by atoms with Crippen LogP contribution in [0.15, 0.2) is 97.6 Å². The third-order valence-electron chi connectivity index (χ3n) is 14.5. The summed E-state index contributed by atoms with van der Waals surface area (Å²) in [7, 11) is 0. The van der Waals surface area contributed by atoms with Crippen molar-refractivity contribution in [2.75, 3.05) is 19.6 Å². The molecule has 2 aromatic heterocycles. The third-order valence-corrected chi connectivity index (χ3v) is 14.5. The first kappa shape index (κ1) is 60.5. The minimum Gasteiger partial charge on any atom is -0.508 e. The number of aliphatic hydroxyl groups is 1. The van der Waals surface area contributed by atoms with Crippen molar-refractivity contribution in [3.05, 3.63) is 120 Å². The number of hydrogen-bond donors (Lipinski definition) is 13. The summed E-state index contributed by atoms with van der Waals surface area (Å²) in [4.78, 5) is 149. The first-order valence-corrected chi connectivity index (χ1v) is 26.9. The lowest BCUT2D eigenvalue weighted by Crippen LogP contribution is -2.59. The topological polar surface area (TPSA) is 407 Å². The number of aromatic nitrogens is 3. The van der Waals surface area contributed by atoms with Gasteiger partial charge in [-0.25, -0.2) is 9.78 Å². The molecule has 0 unspecified atom stereocenters. The van der Waals surface area contributed by atoms with Gasteiger partial charge in [-0.05, 0) is 73.9 Å². The highest BCUT2D eigenvalue weighted by atomic mass is 16.4. The number of primary amides is 1. The Morgan fingerprint density at radius 3 is 1.91 bits per heavy atom. The van der Waals surface area contributed by atoms with E-state index in [1.807, 2.05) is 18.2 Å². The van der Waals surface area contributed by atoms with Gasteiger partial charge in [-0.15, -0.1) is 0 Å². The number of imidazole rings is 1. The number of para-hydroxylation sites is 1. The highest BCUT2D eigenvalue weighted by Gasteiger charge is 2.43. The second-order valence-electron chi connectivity index (χ2n) is 20.5. The van der Waals surface area contributed by atoms with E-state index in [4.69, 9.17) is 11.5 Å². The molecular formula is C56H69N13O13. The number of rotatable bonds is 27. The van der Waals surface area contributed by atoms with Gasteiger partial charge in [0.25, 0.3) is 0 Å². The Labute approximate surface area is 470 Å². The van der Waals surface area contributed by atoms with Gasteiger partial charge in [-0.1, -0.05) is 60.7 Å². The summed E-state index contributed by atoms with van der Waals surface area (Å²) in [6, 6.07) is 11.4. The molecule has 2 aliphatic rings. The van der Waals surface area contributed by atoms with Gasteiger partial charge in [-0.2, -0.15) is 0 Å². The van der Waals surface area contributed by atoms with Crippen LogP contribution in [0.2, 0.25) is 0 Å². The number of carboxylic acids is 1. The Balaban J connectivity index is 1.06. The average molecular weight is 1130 g/mol. The third kappa shape index (κ3) is 16.2. The number of nitrogens with zero attached hydrogens (tertiary/aromatic N) is 3. The molecule has 2 fully saturated rings. The number of H-pyrrole nitrogens is 2. The first-order valence-electron chi connectivity index (χ1n) is 26.9. The first-order chi connectivity index (χ1) is 39.3. The number of phenolic OH excluding ortho intramolecular Hbond substituents is 1. The lowest BCUT2D eigenvalue weighted by atomic mass is 10.0. The fourth-order valence-electron chi connectivity index (χ4n) is 10.1. The monoisotopic (exact) mass is 1130 g/mol. The smallest absolute Gasteiger partial charge is 0.328 e. The van der Waals surface area contributed by atoms with Crippen LogP contribution in [0.5, 0.6) is 5.75 Å². The van der Waals surface area contributed by atoms with E-state index in [1.165, 1.54) is 53.5 Å². The van der Waals surface area contributed by atoms with Crippen molar-refractivity contribution < 1.29 is 63.3 Å². The van der Waals surface area contributed by atoms with Crippen molar-refractivity contribution in [2.24, 2.45) is 11.5 Å². The number of aromatic amines is 2. The number of amides is 9. The van der Waals surface area contributed by atoms with Gasteiger partial charge in [0.15, 0.2) is 6.04 Å². The second kappa shape index (κ2) is 28.3. The van der Waals surface area contributed by atoms with Crippen molar-refractivity contribution in [3.63, 3.8) is 0 Å². The number of carbonyl (C=O) groups is 10. The fraction of sp³-hybridized carbons (Fsp3) is 0.411. The van der Waals surface area contributed by atoms with E-state index in [1.54, 1.807) is 42.6 Å². The van der Waals surface area contributed by atoms with E-state index in [9.17, 15) is 63.3 Å². The molecule has 0 aliphatic carbocycles. The molecule has 7 rings (SSSR count). The Bertz CT molecular complexity index is 3080. The maximum Gasteiger partial charge on any atom is 0.328 e. The molecule has 5 aromatic rings. The van der Waals surface area contributed by atoms with Crippen LogP contribution in [0.25, 0.3) is 10.9 Å². The standard InChI is InChI=1S/C56H69N13O13/c1-31(70)48(56(81)82)67-53(78)41(24-33-15-17-36(71)18-16-33)66-54(79)44-13-7-22-69(44)55(80)45-14-8-21-68(45)47(73)29-61-50(75)42(25-34-27-60-39-12-6-5-11-37(34)39)65-51(76)40(23-32-9-3-2-4-10-32)64-52(77)43(26-35-28-59-30-62-35)63-49(74)38(57)19-20-46(58)72/h2-6,9-12,15-18,27-28,30-31,38,40-45,48,60,70-71H,7-8,13-14,19-26,29,57H2,1H3,(H2,58,72)(H,59,62)(H,61,75)(H,63,74)(H,64,77)(H,65,76)(H,66,79)(H,67,78)(H,81,82)/t31-,38+,40+,41+,42+,43+,44+,45+,48+/m1/s1. The predicted molar refractivity (Wildman–Crippen MR) is 294 cm³/mol. The van der Waals surface area contributed by atoms with E-state index in [-0.39, 0.29) is 70.2 Å². The number of hydrogen-bond acceptors (Lipinski definition) is 14. The maximum atomic E-state index is 14.7. The summed E-state index contributed by atoms with van der Waals surface area (Å²) in [6.07, 6.45) is 3.57. The zero-order valence-electron chi connectivity index (χ0n) is 45.0. The summed E-state index contributed by atoms with van der Waals surface area (Å²) >= 11 is 0. The van der Waals surface area contributed by atoms with Crippen molar-refractivity contribution in [1.82, 2.24) is 56.7 Å². The Morgan fingerprint density at radius 1 is 0.683 bits per heavy atom. The van der Waals surface area contributed by atoms with Crippen LogP contribution in [0.4, 0.5) is 0 Å². The molecule has 26 heteroatoms. The Morgan fingerprint density at radius 2 is 1.27 bits per heavy atom. The molecule has 26 nitrogen and oxygen atoms in total.